The lowest BCUT2D eigenvalue weighted by molar-refractivity contribution is -0.116. The van der Waals surface area contributed by atoms with Crippen molar-refractivity contribution in [2.45, 2.75) is 25.6 Å². The molecule has 0 aromatic carbocycles. The highest BCUT2D eigenvalue weighted by Crippen LogP contribution is 2.19. The van der Waals surface area contributed by atoms with Gasteiger partial charge in [-0.1, -0.05) is 29.8 Å². The third-order valence-corrected chi connectivity index (χ3v) is 4.44. The Bertz CT molecular complexity index is 394. The molecule has 0 radical (unpaired) electrons. The van der Waals surface area contributed by atoms with Crippen molar-refractivity contribution < 1.29 is 4.79 Å². The summed E-state index contributed by atoms with van der Waals surface area (Å²) in [7, 11) is 0. The highest BCUT2D eigenvalue weighted by molar-refractivity contribution is 9.10. The van der Waals surface area contributed by atoms with E-state index < -0.39 is 0 Å². The summed E-state index contributed by atoms with van der Waals surface area (Å²) in [6.45, 7) is 5.92. The first-order valence-electron chi connectivity index (χ1n) is 4.99. The maximum absolute atomic E-state index is 11.7. The molecule has 1 rings (SSSR count). The Labute approximate surface area is 112 Å². The Morgan fingerprint density at radius 3 is 2.62 bits per heavy atom. The zero-order chi connectivity index (χ0) is 12.3. The molecule has 1 heterocycles. The molecule has 1 N–H and O–H groups in total. The minimum Gasteiger partial charge on any atom is -0.310 e. The zero-order valence-electron chi connectivity index (χ0n) is 9.42. The zero-order valence-corrected chi connectivity index (χ0v) is 12.6. The summed E-state index contributed by atoms with van der Waals surface area (Å²) in [6, 6.07) is 1.84. The van der Waals surface area contributed by atoms with Gasteiger partial charge >= 0.3 is 0 Å². The second kappa shape index (κ2) is 5.77. The highest BCUT2D eigenvalue weighted by atomic mass is 79.9. The summed E-state index contributed by atoms with van der Waals surface area (Å²) in [5, 5.41) is 2.77. The Morgan fingerprint density at radius 1 is 1.50 bits per heavy atom. The van der Waals surface area contributed by atoms with E-state index in [0.717, 1.165) is 10.0 Å². The third kappa shape index (κ3) is 3.56. The number of amides is 1. The lowest BCUT2D eigenvalue weighted by Gasteiger charge is -2.13. The molecule has 0 spiro atoms. The third-order valence-electron chi connectivity index (χ3n) is 2.13. The van der Waals surface area contributed by atoms with Crippen LogP contribution in [0.3, 0.4) is 0 Å². The van der Waals surface area contributed by atoms with Crippen molar-refractivity contribution in [2.24, 2.45) is 5.92 Å². The van der Waals surface area contributed by atoms with E-state index in [-0.39, 0.29) is 16.7 Å². The van der Waals surface area contributed by atoms with Gasteiger partial charge in [0.1, 0.15) is 5.82 Å². The molecule has 0 bridgehead atoms. The van der Waals surface area contributed by atoms with Crippen molar-refractivity contribution in [1.29, 1.82) is 0 Å². The number of anilines is 1. The molecule has 0 saturated carbocycles. The largest absolute Gasteiger partial charge is 0.310 e. The van der Waals surface area contributed by atoms with Crippen LogP contribution in [0.1, 0.15) is 19.4 Å². The molecule has 0 fully saturated rings. The van der Waals surface area contributed by atoms with Crippen LogP contribution in [0.4, 0.5) is 5.82 Å². The molecule has 0 aliphatic rings. The van der Waals surface area contributed by atoms with Crippen LogP contribution in [-0.2, 0) is 4.79 Å². The maximum atomic E-state index is 11.7. The fourth-order valence-corrected chi connectivity index (χ4v) is 1.44. The molecule has 5 heteroatoms. The Morgan fingerprint density at radius 2 is 2.12 bits per heavy atom. The molecule has 1 atom stereocenters. The smallest absolute Gasteiger partial charge is 0.239 e. The van der Waals surface area contributed by atoms with E-state index in [2.05, 4.69) is 42.2 Å². The van der Waals surface area contributed by atoms with Crippen LogP contribution in [0.5, 0.6) is 0 Å². The lowest BCUT2D eigenvalue weighted by Crippen LogP contribution is -2.27. The van der Waals surface area contributed by atoms with Gasteiger partial charge in [-0.15, -0.1) is 0 Å². The van der Waals surface area contributed by atoms with Crippen molar-refractivity contribution >= 4 is 43.6 Å². The van der Waals surface area contributed by atoms with E-state index >= 15 is 0 Å². The first-order valence-corrected chi connectivity index (χ1v) is 6.69. The average molecular weight is 350 g/mol. The molecular weight excluding hydrogens is 336 g/mol. The van der Waals surface area contributed by atoms with Crippen molar-refractivity contribution in [3.05, 3.63) is 22.3 Å². The number of aromatic nitrogens is 1. The molecule has 0 aliphatic carbocycles. The van der Waals surface area contributed by atoms with Crippen LogP contribution in [0.25, 0.3) is 0 Å². The van der Waals surface area contributed by atoms with Crippen LogP contribution in [0, 0.1) is 12.8 Å². The number of carbonyl (C=O) groups is 1. The second-order valence-corrected chi connectivity index (χ2v) is 5.79. The van der Waals surface area contributed by atoms with Crippen LogP contribution >= 0.6 is 31.9 Å². The van der Waals surface area contributed by atoms with E-state index in [1.807, 2.05) is 26.8 Å². The van der Waals surface area contributed by atoms with Gasteiger partial charge in [-0.3, -0.25) is 4.79 Å². The summed E-state index contributed by atoms with van der Waals surface area (Å²) in [4.78, 5) is 15.7. The van der Waals surface area contributed by atoms with Crippen LogP contribution in [0.2, 0.25) is 0 Å². The van der Waals surface area contributed by atoms with Gasteiger partial charge in [-0.25, -0.2) is 4.98 Å². The van der Waals surface area contributed by atoms with Gasteiger partial charge in [0, 0.05) is 10.7 Å². The molecule has 1 aromatic rings. The Kier molecular flexibility index (Phi) is 4.92. The molecule has 1 unspecified atom stereocenters. The summed E-state index contributed by atoms with van der Waals surface area (Å²) in [6.07, 6.45) is 1.68. The Hall–Kier alpha value is -0.420. The topological polar surface area (TPSA) is 42.0 Å². The van der Waals surface area contributed by atoms with Gasteiger partial charge in [-0.2, -0.15) is 0 Å². The molecule has 88 valence electrons. The number of rotatable bonds is 3. The minimum absolute atomic E-state index is 0.0655. The molecule has 3 nitrogen and oxygen atoms in total. The molecular formula is C11H14Br2N2O. The first kappa shape index (κ1) is 13.6. The van der Waals surface area contributed by atoms with Crippen molar-refractivity contribution in [3.63, 3.8) is 0 Å². The van der Waals surface area contributed by atoms with Crippen molar-refractivity contribution in [3.8, 4) is 0 Å². The quantitative estimate of drug-likeness (QED) is 0.848. The average Bonchev–Trinajstić information content (AvgIpc) is 2.22. The number of halogens is 2. The summed E-state index contributed by atoms with van der Waals surface area (Å²) in [5.41, 5.74) is 1.04. The minimum atomic E-state index is -0.196. The monoisotopic (exact) mass is 348 g/mol. The lowest BCUT2D eigenvalue weighted by atomic mass is 10.1. The summed E-state index contributed by atoms with van der Waals surface area (Å²) in [5.74, 6) is 0.761. The number of hydrogen-bond donors (Lipinski definition) is 1. The van der Waals surface area contributed by atoms with Gasteiger partial charge < -0.3 is 5.32 Å². The highest BCUT2D eigenvalue weighted by Gasteiger charge is 2.18. The van der Waals surface area contributed by atoms with E-state index in [1.165, 1.54) is 0 Å². The van der Waals surface area contributed by atoms with Gasteiger partial charge in [0.2, 0.25) is 5.91 Å². The molecule has 0 aliphatic heterocycles. The normalized spacial score (nSPS) is 12.6. The van der Waals surface area contributed by atoms with E-state index in [0.29, 0.717) is 5.82 Å². The van der Waals surface area contributed by atoms with E-state index in [4.69, 9.17) is 0 Å². The maximum Gasteiger partial charge on any atom is 0.239 e. The van der Waals surface area contributed by atoms with Gasteiger partial charge in [-0.05, 0) is 40.4 Å². The number of nitrogens with one attached hydrogen (secondary N) is 1. The molecule has 0 saturated heterocycles. The number of nitrogens with zero attached hydrogens (tertiary/aromatic N) is 1. The number of pyridine rings is 1. The SMILES string of the molecule is Cc1cc(NC(=O)C(Br)C(C)C)ncc1Br. The predicted molar refractivity (Wildman–Crippen MR) is 72.9 cm³/mol. The molecule has 1 aromatic heterocycles. The van der Waals surface area contributed by atoms with Gasteiger partial charge in [0.15, 0.2) is 0 Å². The van der Waals surface area contributed by atoms with Crippen molar-refractivity contribution in [1.82, 2.24) is 4.98 Å². The van der Waals surface area contributed by atoms with Crippen LogP contribution < -0.4 is 5.32 Å². The second-order valence-electron chi connectivity index (χ2n) is 3.95. The van der Waals surface area contributed by atoms with Gasteiger partial charge in [0.05, 0.1) is 4.83 Å². The fourth-order valence-electron chi connectivity index (χ4n) is 1.11. The molecule has 1 amide bonds. The number of aryl methyl sites for hydroxylation is 1. The summed E-state index contributed by atoms with van der Waals surface area (Å²) >= 11 is 6.71. The van der Waals surface area contributed by atoms with Crippen LogP contribution in [-0.4, -0.2) is 15.7 Å². The summed E-state index contributed by atoms with van der Waals surface area (Å²) < 4.78 is 0.935. The standard InChI is InChI=1S/C11H14Br2N2O/c1-6(2)10(13)11(16)15-9-4-7(3)8(12)5-14-9/h4-6,10H,1-3H3,(H,14,15,16). The van der Waals surface area contributed by atoms with Crippen LogP contribution in [0.15, 0.2) is 16.7 Å². The first-order chi connectivity index (χ1) is 7.41. The number of carbonyl (C=O) groups excluding carboxylic acids is 1. The predicted octanol–water partition coefficient (Wildman–Crippen LogP) is 3.51. The number of alkyl halides is 1. The Balaban J connectivity index is 2.74. The van der Waals surface area contributed by atoms with E-state index in [1.54, 1.807) is 6.20 Å². The van der Waals surface area contributed by atoms with E-state index in [9.17, 15) is 4.79 Å². The molecule has 16 heavy (non-hydrogen) atoms. The number of hydrogen-bond acceptors (Lipinski definition) is 2. The fraction of sp³-hybridized carbons (Fsp3) is 0.455. The van der Waals surface area contributed by atoms with Crippen molar-refractivity contribution in [2.75, 3.05) is 5.32 Å². The van der Waals surface area contributed by atoms with Gasteiger partial charge in [0.25, 0.3) is 0 Å².